The molecule has 1 amide bonds. The molecule has 0 aromatic heterocycles. The van der Waals surface area contributed by atoms with Gasteiger partial charge in [0.1, 0.15) is 23.0 Å². The number of ether oxygens (including phenoxy) is 4. The molecule has 6 heteroatoms. The second-order valence-corrected chi connectivity index (χ2v) is 5.08. The Kier molecular flexibility index (Phi) is 5.52. The molecule has 0 saturated carbocycles. The topological polar surface area (TPSA) is 66.0 Å². The highest BCUT2D eigenvalue weighted by Gasteiger charge is 2.14. The predicted molar refractivity (Wildman–Crippen MR) is 91.8 cm³/mol. The largest absolute Gasteiger partial charge is 0.497 e. The molecule has 6 nitrogen and oxygen atoms in total. The molecular formula is C18H21NO5. The monoisotopic (exact) mass is 331 g/mol. The summed E-state index contributed by atoms with van der Waals surface area (Å²) in [7, 11) is 6.19. The summed E-state index contributed by atoms with van der Waals surface area (Å²) in [6.45, 7) is 1.90. The van der Waals surface area contributed by atoms with Gasteiger partial charge in [-0.15, -0.1) is 0 Å². The molecule has 0 atom stereocenters. The lowest BCUT2D eigenvalue weighted by atomic mass is 10.1. The number of anilines is 1. The van der Waals surface area contributed by atoms with Crippen LogP contribution >= 0.6 is 0 Å². The van der Waals surface area contributed by atoms with Crippen LogP contribution in [0.25, 0.3) is 0 Å². The van der Waals surface area contributed by atoms with E-state index in [4.69, 9.17) is 18.9 Å². The molecule has 0 aliphatic heterocycles. The third-order valence-electron chi connectivity index (χ3n) is 3.58. The van der Waals surface area contributed by atoms with Crippen molar-refractivity contribution in [2.75, 3.05) is 33.8 Å². The summed E-state index contributed by atoms with van der Waals surface area (Å²) in [5.74, 6) is 1.98. The van der Waals surface area contributed by atoms with Crippen LogP contribution < -0.4 is 24.3 Å². The number of nitrogens with one attached hydrogen (secondary N) is 1. The predicted octanol–water partition coefficient (Wildman–Crippen LogP) is 3.28. The quantitative estimate of drug-likeness (QED) is 0.880. The van der Waals surface area contributed by atoms with E-state index in [1.54, 1.807) is 44.6 Å². The van der Waals surface area contributed by atoms with E-state index in [9.17, 15) is 4.79 Å². The summed E-state index contributed by atoms with van der Waals surface area (Å²) < 4.78 is 21.0. The van der Waals surface area contributed by atoms with Gasteiger partial charge in [0, 0.05) is 17.7 Å². The molecule has 0 aliphatic carbocycles. The lowest BCUT2D eigenvalue weighted by molar-refractivity contribution is 0.102. The van der Waals surface area contributed by atoms with Crippen LogP contribution in [0.1, 0.15) is 15.9 Å². The Hall–Kier alpha value is -2.89. The minimum Gasteiger partial charge on any atom is -0.497 e. The Morgan fingerprint density at radius 2 is 1.38 bits per heavy atom. The maximum absolute atomic E-state index is 12.6. The molecule has 2 aromatic carbocycles. The van der Waals surface area contributed by atoms with E-state index in [0.717, 1.165) is 5.56 Å². The zero-order valence-electron chi connectivity index (χ0n) is 14.4. The van der Waals surface area contributed by atoms with Crippen LogP contribution in [-0.2, 0) is 0 Å². The minimum absolute atomic E-state index is 0.309. The molecule has 0 saturated heterocycles. The van der Waals surface area contributed by atoms with Gasteiger partial charge >= 0.3 is 0 Å². The van der Waals surface area contributed by atoms with Crippen LogP contribution in [0.5, 0.6) is 23.0 Å². The number of carbonyl (C=O) groups excluding carboxylic acids is 1. The van der Waals surface area contributed by atoms with Crippen molar-refractivity contribution in [3.8, 4) is 23.0 Å². The fraction of sp³-hybridized carbons (Fsp3) is 0.278. The molecule has 1 N–H and O–H groups in total. The van der Waals surface area contributed by atoms with Crippen molar-refractivity contribution in [3.63, 3.8) is 0 Å². The molecule has 24 heavy (non-hydrogen) atoms. The van der Waals surface area contributed by atoms with Gasteiger partial charge in [0.25, 0.3) is 5.91 Å². The molecule has 0 aliphatic rings. The number of rotatable bonds is 6. The number of aryl methyl sites for hydroxylation is 1. The van der Waals surface area contributed by atoms with Gasteiger partial charge in [0.05, 0.1) is 34.1 Å². The Labute approximate surface area is 141 Å². The second-order valence-electron chi connectivity index (χ2n) is 5.08. The Morgan fingerprint density at radius 3 is 1.88 bits per heavy atom. The van der Waals surface area contributed by atoms with E-state index in [-0.39, 0.29) is 5.91 Å². The summed E-state index contributed by atoms with van der Waals surface area (Å²) in [5, 5.41) is 2.83. The molecule has 0 radical (unpaired) electrons. The number of hydrogen-bond donors (Lipinski definition) is 1. The molecule has 0 fully saturated rings. The van der Waals surface area contributed by atoms with Crippen LogP contribution in [-0.4, -0.2) is 34.3 Å². The zero-order valence-corrected chi connectivity index (χ0v) is 14.4. The number of benzene rings is 2. The minimum atomic E-state index is -0.309. The number of carbonyl (C=O) groups is 1. The van der Waals surface area contributed by atoms with E-state index in [0.29, 0.717) is 34.2 Å². The standard InChI is InChI=1S/C18H21NO5/c1-11-6-17(24-5)15(10-16(11)23-4)19-18(20)12-7-13(21-2)9-14(8-12)22-3/h6-10H,1-5H3,(H,19,20). The van der Waals surface area contributed by atoms with Gasteiger partial charge < -0.3 is 24.3 Å². The first-order valence-electron chi connectivity index (χ1n) is 7.29. The van der Waals surface area contributed by atoms with Gasteiger partial charge in [-0.2, -0.15) is 0 Å². The van der Waals surface area contributed by atoms with Gasteiger partial charge in [-0.05, 0) is 30.7 Å². The third kappa shape index (κ3) is 3.71. The second kappa shape index (κ2) is 7.59. The van der Waals surface area contributed by atoms with Gasteiger partial charge in [-0.3, -0.25) is 4.79 Å². The Bertz CT molecular complexity index is 720. The van der Waals surface area contributed by atoms with Crippen molar-refractivity contribution in [2.45, 2.75) is 6.92 Å². The molecule has 0 heterocycles. The highest BCUT2D eigenvalue weighted by Crippen LogP contribution is 2.33. The molecule has 0 spiro atoms. The highest BCUT2D eigenvalue weighted by molar-refractivity contribution is 6.05. The number of amides is 1. The molecule has 0 bridgehead atoms. The average Bonchev–Trinajstić information content (AvgIpc) is 2.61. The SMILES string of the molecule is COc1cc(OC)cc(C(=O)Nc2cc(OC)c(C)cc2OC)c1. The maximum Gasteiger partial charge on any atom is 0.256 e. The van der Waals surface area contributed by atoms with Crippen LogP contribution in [0.4, 0.5) is 5.69 Å². The van der Waals surface area contributed by atoms with Crippen molar-refractivity contribution in [2.24, 2.45) is 0 Å². The summed E-state index contributed by atoms with van der Waals surface area (Å²) in [6.07, 6.45) is 0. The van der Waals surface area contributed by atoms with Crippen LogP contribution in [0.2, 0.25) is 0 Å². The maximum atomic E-state index is 12.6. The Morgan fingerprint density at radius 1 is 0.792 bits per heavy atom. The van der Waals surface area contributed by atoms with Crippen molar-refractivity contribution >= 4 is 11.6 Å². The first kappa shape index (κ1) is 17.5. The van der Waals surface area contributed by atoms with Crippen LogP contribution in [0.3, 0.4) is 0 Å². The number of methoxy groups -OCH3 is 4. The number of hydrogen-bond acceptors (Lipinski definition) is 5. The van der Waals surface area contributed by atoms with Gasteiger partial charge in [-0.1, -0.05) is 0 Å². The fourth-order valence-electron chi connectivity index (χ4n) is 2.28. The van der Waals surface area contributed by atoms with E-state index in [2.05, 4.69) is 5.32 Å². The molecule has 2 rings (SSSR count). The van der Waals surface area contributed by atoms with Crippen LogP contribution in [0.15, 0.2) is 30.3 Å². The van der Waals surface area contributed by atoms with E-state index >= 15 is 0 Å². The first-order chi connectivity index (χ1) is 11.5. The average molecular weight is 331 g/mol. The molecule has 2 aromatic rings. The lowest BCUT2D eigenvalue weighted by Crippen LogP contribution is -2.13. The van der Waals surface area contributed by atoms with Gasteiger partial charge in [0.2, 0.25) is 0 Å². The smallest absolute Gasteiger partial charge is 0.256 e. The van der Waals surface area contributed by atoms with E-state index < -0.39 is 0 Å². The summed E-state index contributed by atoms with van der Waals surface area (Å²) in [4.78, 5) is 12.6. The van der Waals surface area contributed by atoms with Gasteiger partial charge in [-0.25, -0.2) is 0 Å². The summed E-state index contributed by atoms with van der Waals surface area (Å²) >= 11 is 0. The van der Waals surface area contributed by atoms with Crippen molar-refractivity contribution in [3.05, 3.63) is 41.5 Å². The Balaban J connectivity index is 2.36. The van der Waals surface area contributed by atoms with Crippen LogP contribution in [0, 0.1) is 6.92 Å². The normalized spacial score (nSPS) is 10.0. The molecule has 128 valence electrons. The first-order valence-corrected chi connectivity index (χ1v) is 7.29. The van der Waals surface area contributed by atoms with E-state index in [1.165, 1.54) is 14.2 Å². The zero-order chi connectivity index (χ0) is 17.7. The summed E-state index contributed by atoms with van der Waals surface area (Å²) in [6, 6.07) is 8.50. The van der Waals surface area contributed by atoms with E-state index in [1.807, 2.05) is 6.92 Å². The summed E-state index contributed by atoms with van der Waals surface area (Å²) in [5.41, 5.74) is 1.84. The van der Waals surface area contributed by atoms with Crippen molar-refractivity contribution in [1.29, 1.82) is 0 Å². The fourth-order valence-corrected chi connectivity index (χ4v) is 2.28. The lowest BCUT2D eigenvalue weighted by Gasteiger charge is -2.14. The van der Waals surface area contributed by atoms with Gasteiger partial charge in [0.15, 0.2) is 0 Å². The molecular weight excluding hydrogens is 310 g/mol. The van der Waals surface area contributed by atoms with Crippen molar-refractivity contribution in [1.82, 2.24) is 0 Å². The highest BCUT2D eigenvalue weighted by atomic mass is 16.5. The molecule has 0 unspecified atom stereocenters. The van der Waals surface area contributed by atoms with Crippen molar-refractivity contribution < 1.29 is 23.7 Å². The third-order valence-corrected chi connectivity index (χ3v) is 3.58.